The van der Waals surface area contributed by atoms with E-state index in [2.05, 4.69) is 10.6 Å². The molecule has 2 aromatic carbocycles. The zero-order chi connectivity index (χ0) is 18.8. The first kappa shape index (κ1) is 18.7. The van der Waals surface area contributed by atoms with Gasteiger partial charge in [-0.3, -0.25) is 10.1 Å². The molecule has 0 fully saturated rings. The molecule has 2 rings (SSSR count). The Morgan fingerprint density at radius 2 is 1.76 bits per heavy atom. The van der Waals surface area contributed by atoms with Gasteiger partial charge in [0.15, 0.2) is 5.11 Å². The number of rotatable bonds is 2. The number of amides is 1. The summed E-state index contributed by atoms with van der Waals surface area (Å²) in [7, 11) is 0. The van der Waals surface area contributed by atoms with Gasteiger partial charge in [0.05, 0.1) is 11.3 Å². The molecule has 0 bridgehead atoms. The van der Waals surface area contributed by atoms with Crippen molar-refractivity contribution in [2.45, 2.75) is 20.0 Å². The molecule has 0 spiro atoms. The number of aromatic hydroxyl groups is 1. The first-order chi connectivity index (χ1) is 11.6. The third-order valence-corrected chi connectivity index (χ3v) is 3.50. The summed E-state index contributed by atoms with van der Waals surface area (Å²) in [6, 6.07) is 7.84. The topological polar surface area (TPSA) is 61.4 Å². The molecule has 0 atom stereocenters. The van der Waals surface area contributed by atoms with Crippen LogP contribution in [0.3, 0.4) is 0 Å². The van der Waals surface area contributed by atoms with Gasteiger partial charge in [0, 0.05) is 5.56 Å². The largest absolute Gasteiger partial charge is 0.506 e. The predicted molar refractivity (Wildman–Crippen MR) is 92.7 cm³/mol. The molecule has 132 valence electrons. The van der Waals surface area contributed by atoms with Crippen LogP contribution in [0.15, 0.2) is 36.4 Å². The number of hydrogen-bond acceptors (Lipinski definition) is 3. The molecule has 0 aliphatic rings. The maximum atomic E-state index is 12.8. The zero-order valence-electron chi connectivity index (χ0n) is 13.4. The number of alkyl halides is 3. The fraction of sp³-hybridized carbons (Fsp3) is 0.176. The van der Waals surface area contributed by atoms with Crippen molar-refractivity contribution in [1.82, 2.24) is 5.32 Å². The van der Waals surface area contributed by atoms with E-state index in [9.17, 15) is 23.1 Å². The number of hydrogen-bond donors (Lipinski definition) is 3. The summed E-state index contributed by atoms with van der Waals surface area (Å²) < 4.78 is 38.5. The van der Waals surface area contributed by atoms with Gasteiger partial charge in [-0.2, -0.15) is 13.2 Å². The van der Waals surface area contributed by atoms with Crippen LogP contribution >= 0.6 is 12.2 Å². The van der Waals surface area contributed by atoms with E-state index in [1.54, 1.807) is 19.1 Å². The normalized spacial score (nSPS) is 11.1. The van der Waals surface area contributed by atoms with Gasteiger partial charge in [0.1, 0.15) is 5.75 Å². The fourth-order valence-corrected chi connectivity index (χ4v) is 2.36. The van der Waals surface area contributed by atoms with Crippen LogP contribution < -0.4 is 10.6 Å². The van der Waals surface area contributed by atoms with Crippen molar-refractivity contribution >= 4 is 28.9 Å². The monoisotopic (exact) mass is 368 g/mol. The fourth-order valence-electron chi connectivity index (χ4n) is 2.15. The number of halogens is 3. The molecule has 0 unspecified atom stereocenters. The average molecular weight is 368 g/mol. The highest BCUT2D eigenvalue weighted by Gasteiger charge is 2.31. The Balaban J connectivity index is 2.14. The number of aryl methyl sites for hydroxylation is 2. The summed E-state index contributed by atoms with van der Waals surface area (Å²) in [5.74, 6) is -0.843. The molecule has 0 radical (unpaired) electrons. The van der Waals surface area contributed by atoms with Crippen molar-refractivity contribution in [2.75, 3.05) is 5.32 Å². The molecule has 1 amide bonds. The second-order valence-electron chi connectivity index (χ2n) is 5.51. The summed E-state index contributed by atoms with van der Waals surface area (Å²) in [6.45, 7) is 3.26. The molecular weight excluding hydrogens is 353 g/mol. The summed E-state index contributed by atoms with van der Waals surface area (Å²) in [4.78, 5) is 12.1. The van der Waals surface area contributed by atoms with Crippen LogP contribution in [0, 0.1) is 13.8 Å². The summed E-state index contributed by atoms with van der Waals surface area (Å²) >= 11 is 4.97. The van der Waals surface area contributed by atoms with Crippen LogP contribution in [0.2, 0.25) is 0 Å². The van der Waals surface area contributed by atoms with E-state index in [0.717, 1.165) is 17.7 Å². The Labute approximate surface area is 147 Å². The molecule has 2 aromatic rings. The first-order valence-electron chi connectivity index (χ1n) is 7.17. The first-order valence-corrected chi connectivity index (χ1v) is 7.58. The van der Waals surface area contributed by atoms with E-state index < -0.39 is 17.6 Å². The van der Waals surface area contributed by atoms with Gasteiger partial charge in [-0.1, -0.05) is 6.07 Å². The van der Waals surface area contributed by atoms with Gasteiger partial charge in [0.2, 0.25) is 0 Å². The Kier molecular flexibility index (Phi) is 5.32. The highest BCUT2D eigenvalue weighted by atomic mass is 32.1. The minimum absolute atomic E-state index is 0.0634. The van der Waals surface area contributed by atoms with Crippen LogP contribution in [-0.2, 0) is 6.18 Å². The zero-order valence-corrected chi connectivity index (χ0v) is 14.2. The third-order valence-electron chi connectivity index (χ3n) is 3.30. The Morgan fingerprint density at radius 3 is 2.36 bits per heavy atom. The summed E-state index contributed by atoms with van der Waals surface area (Å²) in [6.07, 6.45) is -4.55. The van der Waals surface area contributed by atoms with Crippen molar-refractivity contribution in [3.8, 4) is 5.75 Å². The lowest BCUT2D eigenvalue weighted by molar-refractivity contribution is -0.137. The molecule has 0 aliphatic heterocycles. The number of carbonyl (C=O) groups excluding carboxylic acids is 1. The van der Waals surface area contributed by atoms with Gasteiger partial charge < -0.3 is 10.4 Å². The number of carbonyl (C=O) groups is 1. The van der Waals surface area contributed by atoms with Crippen molar-refractivity contribution in [3.63, 3.8) is 0 Å². The Bertz CT molecular complexity index is 835. The third kappa shape index (κ3) is 4.93. The van der Waals surface area contributed by atoms with Crippen LogP contribution in [0.5, 0.6) is 5.75 Å². The second kappa shape index (κ2) is 7.10. The molecule has 8 heteroatoms. The second-order valence-corrected chi connectivity index (χ2v) is 5.92. The highest BCUT2D eigenvalue weighted by molar-refractivity contribution is 7.80. The van der Waals surface area contributed by atoms with Gasteiger partial charge in [0.25, 0.3) is 5.91 Å². The van der Waals surface area contributed by atoms with E-state index in [-0.39, 0.29) is 22.1 Å². The van der Waals surface area contributed by atoms with E-state index in [4.69, 9.17) is 12.2 Å². The maximum Gasteiger partial charge on any atom is 0.416 e. The number of phenols is 1. The minimum atomic E-state index is -4.55. The Hall–Kier alpha value is -2.61. The number of benzene rings is 2. The van der Waals surface area contributed by atoms with Crippen LogP contribution in [0.4, 0.5) is 18.9 Å². The van der Waals surface area contributed by atoms with Crippen LogP contribution in [0.1, 0.15) is 27.0 Å². The van der Waals surface area contributed by atoms with Crippen LogP contribution in [-0.4, -0.2) is 16.1 Å². The van der Waals surface area contributed by atoms with E-state index in [1.165, 1.54) is 19.1 Å². The van der Waals surface area contributed by atoms with Gasteiger partial charge in [-0.05, 0) is 67.5 Å². The summed E-state index contributed by atoms with van der Waals surface area (Å²) in [5, 5.41) is 14.6. The lowest BCUT2D eigenvalue weighted by Gasteiger charge is -2.13. The molecule has 3 N–H and O–H groups in total. The van der Waals surface area contributed by atoms with Crippen LogP contribution in [0.25, 0.3) is 0 Å². The lowest BCUT2D eigenvalue weighted by atomic mass is 10.1. The molecule has 25 heavy (non-hydrogen) atoms. The van der Waals surface area contributed by atoms with E-state index in [0.29, 0.717) is 5.56 Å². The average Bonchev–Trinajstić information content (AvgIpc) is 2.48. The molecule has 0 aliphatic carbocycles. The van der Waals surface area contributed by atoms with Crippen molar-refractivity contribution in [3.05, 3.63) is 58.7 Å². The number of phenolic OH excluding ortho intramolecular Hbond substituents is 1. The molecule has 4 nitrogen and oxygen atoms in total. The van der Waals surface area contributed by atoms with Crippen molar-refractivity contribution in [1.29, 1.82) is 0 Å². The molecule has 0 saturated carbocycles. The number of thiocarbonyl (C=S) groups is 1. The van der Waals surface area contributed by atoms with Gasteiger partial charge in [-0.25, -0.2) is 0 Å². The van der Waals surface area contributed by atoms with Crippen molar-refractivity contribution < 1.29 is 23.1 Å². The number of nitrogens with one attached hydrogen (secondary N) is 2. The molecule has 0 saturated heterocycles. The number of anilines is 1. The SMILES string of the molecule is Cc1cc(C(=O)NC(=S)Nc2ccc(C)cc2O)cc(C(F)(F)F)c1. The minimum Gasteiger partial charge on any atom is -0.506 e. The lowest BCUT2D eigenvalue weighted by Crippen LogP contribution is -2.34. The smallest absolute Gasteiger partial charge is 0.416 e. The van der Waals surface area contributed by atoms with Crippen molar-refractivity contribution in [2.24, 2.45) is 0 Å². The molecule has 0 heterocycles. The summed E-state index contributed by atoms with van der Waals surface area (Å²) in [5.41, 5.74) is 0.334. The standard InChI is InChI=1S/C17H15F3N2O2S/c1-9-3-4-13(14(23)7-9)21-16(25)22-15(24)11-5-10(2)6-12(8-11)17(18,19)20/h3-8,23H,1-2H3,(H2,21,22,24,25). The highest BCUT2D eigenvalue weighted by Crippen LogP contribution is 2.30. The Morgan fingerprint density at radius 1 is 1.08 bits per heavy atom. The predicted octanol–water partition coefficient (Wildman–Crippen LogP) is 4.15. The van der Waals surface area contributed by atoms with Gasteiger partial charge in [-0.15, -0.1) is 0 Å². The van der Waals surface area contributed by atoms with E-state index >= 15 is 0 Å². The molecule has 0 aromatic heterocycles. The van der Waals surface area contributed by atoms with E-state index in [1.807, 2.05) is 0 Å². The quantitative estimate of drug-likeness (QED) is 0.550. The molecular formula is C17H15F3N2O2S. The van der Waals surface area contributed by atoms with Gasteiger partial charge >= 0.3 is 6.18 Å². The maximum absolute atomic E-state index is 12.8.